The Morgan fingerprint density at radius 3 is 3.00 bits per heavy atom. The van der Waals surface area contributed by atoms with E-state index in [2.05, 4.69) is 10.0 Å². The van der Waals surface area contributed by atoms with Gasteiger partial charge in [0, 0.05) is 17.0 Å². The monoisotopic (exact) mass is 218 g/mol. The average molecular weight is 218 g/mol. The zero-order valence-corrected chi connectivity index (χ0v) is 8.70. The van der Waals surface area contributed by atoms with Crippen molar-refractivity contribution in [2.75, 3.05) is 0 Å². The molecule has 1 aromatic carbocycles. The lowest BCUT2D eigenvalue weighted by Gasteiger charge is -2.08. The molecule has 0 fully saturated rings. The third kappa shape index (κ3) is 1.59. The molecule has 0 N–H and O–H groups in total. The summed E-state index contributed by atoms with van der Waals surface area (Å²) in [5.74, 6) is 0.202. The first-order chi connectivity index (χ1) is 7.63. The van der Waals surface area contributed by atoms with Crippen LogP contribution < -0.4 is 0 Å². The van der Waals surface area contributed by atoms with Gasteiger partial charge >= 0.3 is 0 Å². The minimum atomic E-state index is -0.434. The van der Waals surface area contributed by atoms with E-state index in [-0.39, 0.29) is 17.6 Å². The van der Waals surface area contributed by atoms with E-state index in [1.54, 1.807) is 6.07 Å². The maximum atomic E-state index is 10.6. The van der Waals surface area contributed by atoms with Crippen LogP contribution in [0.2, 0.25) is 0 Å². The van der Waals surface area contributed by atoms with Crippen molar-refractivity contribution in [2.24, 2.45) is 11.0 Å². The molecule has 1 aromatic rings. The molecule has 6 nitrogen and oxygen atoms in total. The predicted octanol–water partition coefficient (Wildman–Crippen LogP) is 3.14. The topological polar surface area (TPSA) is 91.9 Å². The van der Waals surface area contributed by atoms with Crippen molar-refractivity contribution >= 4 is 5.69 Å². The molecule has 82 valence electrons. The lowest BCUT2D eigenvalue weighted by molar-refractivity contribution is -0.384. The molecule has 1 aliphatic rings. The number of nitro groups is 1. The van der Waals surface area contributed by atoms with Crippen LogP contribution in [0.3, 0.4) is 0 Å². The Labute approximate surface area is 91.7 Å². The molecule has 0 bridgehead atoms. The second-order valence-electron chi connectivity index (χ2n) is 3.97. The summed E-state index contributed by atoms with van der Waals surface area (Å²) < 4.78 is 0. The van der Waals surface area contributed by atoms with Crippen molar-refractivity contribution in [1.29, 1.82) is 0 Å². The van der Waals surface area contributed by atoms with Gasteiger partial charge in [0.25, 0.3) is 5.69 Å². The zero-order chi connectivity index (χ0) is 11.7. The Morgan fingerprint density at radius 1 is 1.62 bits per heavy atom. The van der Waals surface area contributed by atoms with Crippen LogP contribution >= 0.6 is 0 Å². The number of fused-ring (bicyclic) bond motifs is 1. The Kier molecular flexibility index (Phi) is 2.50. The van der Waals surface area contributed by atoms with Gasteiger partial charge in [-0.3, -0.25) is 10.1 Å². The molecule has 2 rings (SSSR count). The summed E-state index contributed by atoms with van der Waals surface area (Å²) in [6.07, 6.45) is 0.803. The molecule has 0 radical (unpaired) electrons. The number of hydrogen-bond acceptors (Lipinski definition) is 3. The Morgan fingerprint density at radius 2 is 2.38 bits per heavy atom. The molecule has 0 saturated carbocycles. The number of nitrogens with zero attached hydrogens (tertiary/aromatic N) is 4. The summed E-state index contributed by atoms with van der Waals surface area (Å²) in [6, 6.07) is 4.47. The van der Waals surface area contributed by atoms with Gasteiger partial charge in [-0.1, -0.05) is 18.1 Å². The summed E-state index contributed by atoms with van der Waals surface area (Å²) in [6.45, 7) is 1.98. The van der Waals surface area contributed by atoms with Gasteiger partial charge in [0.15, 0.2) is 0 Å². The summed E-state index contributed by atoms with van der Waals surface area (Å²) >= 11 is 0. The van der Waals surface area contributed by atoms with Gasteiger partial charge in [-0.15, -0.1) is 0 Å². The van der Waals surface area contributed by atoms with Crippen LogP contribution in [-0.4, -0.2) is 4.92 Å². The molecule has 0 aliphatic heterocycles. The number of benzene rings is 1. The summed E-state index contributed by atoms with van der Waals surface area (Å²) in [4.78, 5) is 13.0. The van der Waals surface area contributed by atoms with E-state index in [1.807, 2.05) is 6.92 Å². The van der Waals surface area contributed by atoms with E-state index in [0.717, 1.165) is 17.5 Å². The number of hydrogen-bond donors (Lipinski definition) is 0. The van der Waals surface area contributed by atoms with Gasteiger partial charge in [0.2, 0.25) is 0 Å². The Balaban J connectivity index is 2.49. The van der Waals surface area contributed by atoms with Crippen molar-refractivity contribution in [3.8, 4) is 0 Å². The standard InChI is InChI=1S/C10H10N4O2/c1-6-4-7-2-3-8(14(15)16)5-9(7)10(6)12-13-11/h2-3,5-6,10H,4H2,1H3. The van der Waals surface area contributed by atoms with Gasteiger partial charge in [0.1, 0.15) is 0 Å². The van der Waals surface area contributed by atoms with E-state index in [1.165, 1.54) is 12.1 Å². The van der Waals surface area contributed by atoms with Crippen LogP contribution in [0.4, 0.5) is 5.69 Å². The highest BCUT2D eigenvalue weighted by atomic mass is 16.6. The fourth-order valence-electron chi connectivity index (χ4n) is 2.15. The lowest BCUT2D eigenvalue weighted by Crippen LogP contribution is -1.99. The number of azide groups is 1. The highest BCUT2D eigenvalue weighted by Gasteiger charge is 2.29. The number of rotatable bonds is 2. The molecule has 2 unspecified atom stereocenters. The van der Waals surface area contributed by atoms with E-state index in [0.29, 0.717) is 0 Å². The van der Waals surface area contributed by atoms with Crippen molar-refractivity contribution < 1.29 is 4.92 Å². The van der Waals surface area contributed by atoms with Crippen LogP contribution in [0.1, 0.15) is 24.1 Å². The van der Waals surface area contributed by atoms with Crippen molar-refractivity contribution in [2.45, 2.75) is 19.4 Å². The van der Waals surface area contributed by atoms with Gasteiger partial charge in [-0.25, -0.2) is 0 Å². The quantitative estimate of drug-likeness (QED) is 0.251. The normalized spacial score (nSPS) is 22.3. The number of nitro benzene ring substituents is 1. The summed E-state index contributed by atoms with van der Waals surface area (Å²) in [5.41, 5.74) is 10.3. The minimum absolute atomic E-state index is 0.0472. The van der Waals surface area contributed by atoms with Crippen LogP contribution in [-0.2, 0) is 6.42 Å². The largest absolute Gasteiger partial charge is 0.269 e. The van der Waals surface area contributed by atoms with E-state index in [4.69, 9.17) is 5.53 Å². The van der Waals surface area contributed by atoms with Crippen molar-refractivity contribution in [1.82, 2.24) is 0 Å². The molecule has 0 amide bonds. The minimum Gasteiger partial charge on any atom is -0.258 e. The maximum Gasteiger partial charge on any atom is 0.269 e. The van der Waals surface area contributed by atoms with Gasteiger partial charge in [-0.2, -0.15) is 0 Å². The van der Waals surface area contributed by atoms with Crippen LogP contribution in [0.25, 0.3) is 10.4 Å². The fourth-order valence-corrected chi connectivity index (χ4v) is 2.15. The summed E-state index contributed by atoms with van der Waals surface area (Å²) in [5, 5.41) is 14.4. The molecule has 0 aromatic heterocycles. The Hall–Kier alpha value is -2.07. The first-order valence-corrected chi connectivity index (χ1v) is 4.95. The van der Waals surface area contributed by atoms with Crippen LogP contribution in [0, 0.1) is 16.0 Å². The highest BCUT2D eigenvalue weighted by molar-refractivity contribution is 5.44. The maximum absolute atomic E-state index is 10.6. The fraction of sp³-hybridized carbons (Fsp3) is 0.400. The molecule has 0 spiro atoms. The van der Waals surface area contributed by atoms with Crippen molar-refractivity contribution in [3.63, 3.8) is 0 Å². The van der Waals surface area contributed by atoms with Crippen LogP contribution in [0.15, 0.2) is 23.3 Å². The van der Waals surface area contributed by atoms with Crippen LogP contribution in [0.5, 0.6) is 0 Å². The predicted molar refractivity (Wildman–Crippen MR) is 57.9 cm³/mol. The van der Waals surface area contributed by atoms with E-state index < -0.39 is 4.92 Å². The van der Waals surface area contributed by atoms with Gasteiger partial charge < -0.3 is 0 Å². The van der Waals surface area contributed by atoms with Crippen molar-refractivity contribution in [3.05, 3.63) is 49.9 Å². The lowest BCUT2D eigenvalue weighted by atomic mass is 10.0. The highest BCUT2D eigenvalue weighted by Crippen LogP contribution is 2.40. The molecule has 1 aliphatic carbocycles. The van der Waals surface area contributed by atoms with E-state index >= 15 is 0 Å². The second kappa shape index (κ2) is 3.83. The first-order valence-electron chi connectivity index (χ1n) is 4.95. The molecule has 2 atom stereocenters. The molecular formula is C10H10N4O2. The smallest absolute Gasteiger partial charge is 0.258 e. The average Bonchev–Trinajstić information content (AvgIpc) is 2.55. The second-order valence-corrected chi connectivity index (χ2v) is 3.97. The molecule has 16 heavy (non-hydrogen) atoms. The third-order valence-corrected chi connectivity index (χ3v) is 2.92. The SMILES string of the molecule is CC1Cc2ccc([N+](=O)[O-])cc2C1N=[N+]=[N-]. The van der Waals surface area contributed by atoms with E-state index in [9.17, 15) is 10.1 Å². The molecule has 6 heteroatoms. The first kappa shape index (κ1) is 10.4. The summed E-state index contributed by atoms with van der Waals surface area (Å²) in [7, 11) is 0. The van der Waals surface area contributed by atoms with Gasteiger partial charge in [-0.05, 0) is 29.0 Å². The Bertz CT molecular complexity index is 494. The zero-order valence-electron chi connectivity index (χ0n) is 8.70. The molecule has 0 saturated heterocycles. The molecule has 0 heterocycles. The molecular weight excluding hydrogens is 208 g/mol. The number of non-ortho nitro benzene ring substituents is 1. The van der Waals surface area contributed by atoms with Gasteiger partial charge in [0.05, 0.1) is 11.0 Å². The third-order valence-electron chi connectivity index (χ3n) is 2.92.